The molecule has 0 aliphatic carbocycles. The van der Waals surface area contributed by atoms with Crippen LogP contribution in [0.25, 0.3) is 0 Å². The van der Waals surface area contributed by atoms with Crippen LogP contribution < -0.4 is 15.0 Å². The van der Waals surface area contributed by atoms with Crippen molar-refractivity contribution in [2.45, 2.75) is 6.54 Å². The van der Waals surface area contributed by atoms with Gasteiger partial charge in [-0.05, 0) is 23.8 Å². The molecule has 0 saturated carbocycles. The number of hydrogen-bond acceptors (Lipinski definition) is 4. The molecule has 7 nitrogen and oxygen atoms in total. The van der Waals surface area contributed by atoms with Gasteiger partial charge in [0.05, 0.1) is 18.4 Å². The third-order valence-corrected chi connectivity index (χ3v) is 4.74. The van der Waals surface area contributed by atoms with Crippen molar-refractivity contribution in [1.82, 2.24) is 9.78 Å². The predicted molar refractivity (Wildman–Crippen MR) is 106 cm³/mol. The summed E-state index contributed by atoms with van der Waals surface area (Å²) < 4.78 is 7.05. The topological polar surface area (TPSA) is 76.5 Å². The van der Waals surface area contributed by atoms with Gasteiger partial charge >= 0.3 is 0 Å². The van der Waals surface area contributed by atoms with E-state index in [1.54, 1.807) is 41.2 Å². The first-order valence-corrected chi connectivity index (χ1v) is 9.07. The molecule has 0 atom stereocenters. The van der Waals surface area contributed by atoms with E-state index in [0.717, 1.165) is 5.56 Å². The number of benzene rings is 2. The minimum Gasteiger partial charge on any atom is -0.482 e. The molecule has 142 valence electrons. The van der Waals surface area contributed by atoms with Gasteiger partial charge in [-0.15, -0.1) is 0 Å². The van der Waals surface area contributed by atoms with Gasteiger partial charge in [-0.25, -0.2) is 4.68 Å². The lowest BCUT2D eigenvalue weighted by Crippen LogP contribution is -2.43. The summed E-state index contributed by atoms with van der Waals surface area (Å²) in [6, 6.07) is 16.3. The summed E-state index contributed by atoms with van der Waals surface area (Å²) in [5, 5.41) is 7.69. The minimum atomic E-state index is -0.328. The van der Waals surface area contributed by atoms with Gasteiger partial charge in [0.1, 0.15) is 18.1 Å². The van der Waals surface area contributed by atoms with E-state index in [4.69, 9.17) is 16.3 Å². The van der Waals surface area contributed by atoms with Gasteiger partial charge < -0.3 is 10.1 Å². The molecule has 1 aliphatic heterocycles. The van der Waals surface area contributed by atoms with E-state index in [9.17, 15) is 9.59 Å². The zero-order valence-corrected chi connectivity index (χ0v) is 15.6. The summed E-state index contributed by atoms with van der Waals surface area (Å²) >= 11 is 6.21. The molecule has 28 heavy (non-hydrogen) atoms. The van der Waals surface area contributed by atoms with E-state index in [2.05, 4.69) is 10.4 Å². The molecule has 0 radical (unpaired) electrons. The number of para-hydroxylation sites is 2. The fraction of sp³-hybridized carbons (Fsp3) is 0.150. The SMILES string of the molecule is O=C(CN1C(=O)COc2ccccc21)Nc1ccnn1Cc1ccccc1Cl. The summed E-state index contributed by atoms with van der Waals surface area (Å²) in [6.45, 7) is 0.215. The standard InChI is InChI=1S/C20H17ClN4O3/c21-15-6-2-1-5-14(15)11-25-18(9-10-22-25)23-19(26)12-24-16-7-3-4-8-17(16)28-13-20(24)27/h1-10H,11-13H2,(H,23,26). The molecule has 0 saturated heterocycles. The Morgan fingerprint density at radius 1 is 1.14 bits per heavy atom. The maximum absolute atomic E-state index is 12.6. The van der Waals surface area contributed by atoms with Crippen LogP contribution in [0.2, 0.25) is 5.02 Å². The lowest BCUT2D eigenvalue weighted by atomic mass is 10.2. The summed E-state index contributed by atoms with van der Waals surface area (Å²) in [4.78, 5) is 26.2. The van der Waals surface area contributed by atoms with Crippen molar-refractivity contribution in [3.8, 4) is 5.75 Å². The van der Waals surface area contributed by atoms with Crippen LogP contribution in [0.15, 0.2) is 60.8 Å². The quantitative estimate of drug-likeness (QED) is 0.719. The molecule has 2 heterocycles. The minimum absolute atomic E-state index is 0.0886. The molecule has 1 aliphatic rings. The number of nitrogens with one attached hydrogen (secondary N) is 1. The maximum Gasteiger partial charge on any atom is 0.265 e. The molecule has 0 bridgehead atoms. The Kier molecular flexibility index (Phi) is 4.99. The third kappa shape index (κ3) is 3.70. The van der Waals surface area contributed by atoms with E-state index in [0.29, 0.717) is 28.8 Å². The molecule has 4 rings (SSSR count). The van der Waals surface area contributed by atoms with Crippen molar-refractivity contribution >= 4 is 34.9 Å². The van der Waals surface area contributed by atoms with Crippen molar-refractivity contribution in [2.75, 3.05) is 23.4 Å². The number of halogens is 1. The number of carbonyl (C=O) groups excluding carboxylic acids is 2. The molecule has 2 amide bonds. The Labute approximate surface area is 166 Å². The zero-order valence-electron chi connectivity index (χ0n) is 14.8. The van der Waals surface area contributed by atoms with Gasteiger partial charge in [0.2, 0.25) is 5.91 Å². The van der Waals surface area contributed by atoms with Gasteiger partial charge in [0, 0.05) is 11.1 Å². The van der Waals surface area contributed by atoms with E-state index in [1.807, 2.05) is 24.3 Å². The van der Waals surface area contributed by atoms with Gasteiger partial charge in [-0.3, -0.25) is 14.5 Å². The molecule has 1 aromatic heterocycles. The van der Waals surface area contributed by atoms with Gasteiger partial charge in [-0.2, -0.15) is 5.10 Å². The monoisotopic (exact) mass is 396 g/mol. The predicted octanol–water partition coefficient (Wildman–Crippen LogP) is 2.95. The number of carbonyl (C=O) groups is 2. The summed E-state index contributed by atoms with van der Waals surface area (Å²) in [6.07, 6.45) is 1.60. The average molecular weight is 397 g/mol. The van der Waals surface area contributed by atoms with E-state index >= 15 is 0 Å². The van der Waals surface area contributed by atoms with Crippen molar-refractivity contribution < 1.29 is 14.3 Å². The first kappa shape index (κ1) is 18.1. The lowest BCUT2D eigenvalue weighted by Gasteiger charge is -2.28. The number of ether oxygens (including phenoxy) is 1. The smallest absolute Gasteiger partial charge is 0.265 e. The molecular weight excluding hydrogens is 380 g/mol. The van der Waals surface area contributed by atoms with Crippen molar-refractivity contribution in [2.24, 2.45) is 0 Å². The largest absolute Gasteiger partial charge is 0.482 e. The van der Waals surface area contributed by atoms with E-state index in [-0.39, 0.29) is 25.0 Å². The average Bonchev–Trinajstić information content (AvgIpc) is 3.12. The Balaban J connectivity index is 1.48. The fourth-order valence-corrected chi connectivity index (χ4v) is 3.20. The van der Waals surface area contributed by atoms with Crippen LogP contribution in [0.4, 0.5) is 11.5 Å². The highest BCUT2D eigenvalue weighted by Crippen LogP contribution is 2.31. The Bertz CT molecular complexity index is 1030. The van der Waals surface area contributed by atoms with Crippen LogP contribution in [-0.2, 0) is 16.1 Å². The Morgan fingerprint density at radius 2 is 1.93 bits per heavy atom. The Hall–Kier alpha value is -3.32. The number of rotatable bonds is 5. The highest BCUT2D eigenvalue weighted by Gasteiger charge is 2.27. The summed E-state index contributed by atoms with van der Waals surface area (Å²) in [5.74, 6) is 0.516. The van der Waals surface area contributed by atoms with Crippen molar-refractivity contribution in [3.63, 3.8) is 0 Å². The molecular formula is C20H17ClN4O3. The van der Waals surface area contributed by atoms with Crippen LogP contribution >= 0.6 is 11.6 Å². The molecule has 2 aromatic carbocycles. The van der Waals surface area contributed by atoms with Gasteiger partial charge in [0.15, 0.2) is 6.61 Å². The third-order valence-electron chi connectivity index (χ3n) is 4.37. The van der Waals surface area contributed by atoms with Crippen molar-refractivity contribution in [1.29, 1.82) is 0 Å². The van der Waals surface area contributed by atoms with E-state index < -0.39 is 0 Å². The van der Waals surface area contributed by atoms with Crippen LogP contribution in [-0.4, -0.2) is 34.7 Å². The van der Waals surface area contributed by atoms with Crippen molar-refractivity contribution in [3.05, 3.63) is 71.4 Å². The van der Waals surface area contributed by atoms with E-state index in [1.165, 1.54) is 4.90 Å². The number of anilines is 2. The number of hydrogen-bond donors (Lipinski definition) is 1. The molecule has 0 spiro atoms. The second-order valence-electron chi connectivity index (χ2n) is 6.25. The lowest BCUT2D eigenvalue weighted by molar-refractivity contribution is -0.123. The number of aromatic nitrogens is 2. The maximum atomic E-state index is 12.6. The molecule has 1 N–H and O–H groups in total. The summed E-state index contributed by atoms with van der Waals surface area (Å²) in [7, 11) is 0. The fourth-order valence-electron chi connectivity index (χ4n) is 3.01. The highest BCUT2D eigenvalue weighted by atomic mass is 35.5. The number of fused-ring (bicyclic) bond motifs is 1. The zero-order chi connectivity index (χ0) is 19.5. The normalized spacial score (nSPS) is 13.0. The Morgan fingerprint density at radius 3 is 2.79 bits per heavy atom. The van der Waals surface area contributed by atoms with Crippen LogP contribution in [0.5, 0.6) is 5.75 Å². The van der Waals surface area contributed by atoms with Gasteiger partial charge in [0.25, 0.3) is 5.91 Å². The highest BCUT2D eigenvalue weighted by molar-refractivity contribution is 6.31. The number of nitrogens with zero attached hydrogens (tertiary/aromatic N) is 3. The van der Waals surface area contributed by atoms with Gasteiger partial charge in [-0.1, -0.05) is 41.9 Å². The molecule has 8 heteroatoms. The molecule has 0 fully saturated rings. The molecule has 3 aromatic rings. The second-order valence-corrected chi connectivity index (χ2v) is 6.66. The first-order chi connectivity index (χ1) is 13.6. The molecule has 0 unspecified atom stereocenters. The second kappa shape index (κ2) is 7.74. The number of amides is 2. The van der Waals surface area contributed by atoms with Crippen LogP contribution in [0.3, 0.4) is 0 Å². The first-order valence-electron chi connectivity index (χ1n) is 8.69. The van der Waals surface area contributed by atoms with Crippen LogP contribution in [0.1, 0.15) is 5.56 Å². The summed E-state index contributed by atoms with van der Waals surface area (Å²) in [5.41, 5.74) is 1.47. The van der Waals surface area contributed by atoms with Crippen LogP contribution in [0, 0.1) is 0 Å².